The monoisotopic (exact) mass is 427 g/mol. The van der Waals surface area contributed by atoms with E-state index in [0.717, 1.165) is 57.7 Å². The van der Waals surface area contributed by atoms with Crippen molar-refractivity contribution in [3.63, 3.8) is 0 Å². The molecular weight excluding hydrogens is 402 g/mol. The summed E-state index contributed by atoms with van der Waals surface area (Å²) in [5, 5.41) is 13.1. The molecule has 1 amide bonds. The number of fused-ring (bicyclic) bond motifs is 1. The maximum atomic E-state index is 12.9. The Bertz CT molecular complexity index is 992. The molecule has 10 heteroatoms. The minimum atomic E-state index is 0.104. The van der Waals surface area contributed by atoms with Gasteiger partial charge in [-0.25, -0.2) is 14.6 Å². The molecule has 5 heterocycles. The van der Waals surface area contributed by atoms with Crippen LogP contribution in [-0.4, -0.2) is 57.3 Å². The van der Waals surface area contributed by atoms with E-state index < -0.39 is 0 Å². The standard InChI is InChI=1S/C20H25N7O2S/c28-20(27-8-2-1-3-9-27)14-6-10-26(11-7-14)19-18(21-13-15-5-4-12-30-15)22-16-17(23-19)25-29-24-16/h4-5,12,14H,1-3,6-11,13H2,(H,21,22,24). The van der Waals surface area contributed by atoms with Crippen molar-refractivity contribution in [2.45, 2.75) is 38.6 Å². The average molecular weight is 428 g/mol. The lowest BCUT2D eigenvalue weighted by Crippen LogP contribution is -2.44. The largest absolute Gasteiger partial charge is 0.362 e. The van der Waals surface area contributed by atoms with E-state index in [1.54, 1.807) is 11.3 Å². The Morgan fingerprint density at radius 1 is 1.10 bits per heavy atom. The summed E-state index contributed by atoms with van der Waals surface area (Å²) in [7, 11) is 0. The molecule has 2 aliphatic rings. The summed E-state index contributed by atoms with van der Waals surface area (Å²) >= 11 is 1.69. The second-order valence-corrected chi connectivity index (χ2v) is 8.92. The minimum Gasteiger partial charge on any atom is -0.362 e. The van der Waals surface area contributed by atoms with Gasteiger partial charge in [0.15, 0.2) is 11.6 Å². The number of anilines is 2. The predicted molar refractivity (Wildman–Crippen MR) is 114 cm³/mol. The van der Waals surface area contributed by atoms with Gasteiger partial charge in [-0.15, -0.1) is 11.3 Å². The molecule has 0 saturated carbocycles. The molecule has 2 saturated heterocycles. The molecule has 0 atom stereocenters. The Kier molecular flexibility index (Phi) is 5.48. The maximum absolute atomic E-state index is 12.9. The molecule has 158 valence electrons. The fraction of sp³-hybridized carbons (Fsp3) is 0.550. The number of hydrogen-bond donors (Lipinski definition) is 1. The molecule has 1 N–H and O–H groups in total. The van der Waals surface area contributed by atoms with Crippen molar-refractivity contribution in [3.05, 3.63) is 22.4 Å². The topological polar surface area (TPSA) is 100 Å². The third-order valence-electron chi connectivity index (χ3n) is 5.92. The van der Waals surface area contributed by atoms with Crippen LogP contribution in [0.1, 0.15) is 37.0 Å². The van der Waals surface area contributed by atoms with E-state index in [1.807, 2.05) is 6.07 Å². The average Bonchev–Trinajstić information content (AvgIpc) is 3.49. The van der Waals surface area contributed by atoms with Crippen LogP contribution in [0.5, 0.6) is 0 Å². The van der Waals surface area contributed by atoms with Crippen LogP contribution in [0.25, 0.3) is 11.3 Å². The van der Waals surface area contributed by atoms with Gasteiger partial charge in [0.05, 0.1) is 6.54 Å². The molecule has 2 aliphatic heterocycles. The first-order chi connectivity index (χ1) is 14.8. The van der Waals surface area contributed by atoms with Crippen LogP contribution in [0.2, 0.25) is 0 Å². The molecule has 0 aliphatic carbocycles. The Labute approximate surface area is 178 Å². The van der Waals surface area contributed by atoms with Crippen molar-refractivity contribution in [3.8, 4) is 0 Å². The number of rotatable bonds is 5. The van der Waals surface area contributed by atoms with Crippen molar-refractivity contribution >= 4 is 40.2 Å². The van der Waals surface area contributed by atoms with Crippen molar-refractivity contribution in [2.75, 3.05) is 36.4 Å². The zero-order chi connectivity index (χ0) is 20.3. The molecular formula is C20H25N7O2S. The van der Waals surface area contributed by atoms with Crippen LogP contribution in [0.15, 0.2) is 22.1 Å². The summed E-state index contributed by atoms with van der Waals surface area (Å²) in [4.78, 5) is 27.6. The number of likely N-dealkylation sites (tertiary alicyclic amines) is 1. The van der Waals surface area contributed by atoms with Crippen LogP contribution >= 0.6 is 11.3 Å². The lowest BCUT2D eigenvalue weighted by atomic mass is 9.94. The van der Waals surface area contributed by atoms with Crippen LogP contribution in [-0.2, 0) is 11.3 Å². The van der Waals surface area contributed by atoms with Gasteiger partial charge in [0.25, 0.3) is 0 Å². The van der Waals surface area contributed by atoms with Crippen molar-refractivity contribution in [2.24, 2.45) is 5.92 Å². The molecule has 2 fully saturated rings. The van der Waals surface area contributed by atoms with E-state index in [4.69, 9.17) is 4.63 Å². The van der Waals surface area contributed by atoms with E-state index in [1.165, 1.54) is 11.3 Å². The zero-order valence-corrected chi connectivity index (χ0v) is 17.6. The molecule has 3 aromatic rings. The number of hydrogen-bond acceptors (Lipinski definition) is 9. The molecule has 30 heavy (non-hydrogen) atoms. The van der Waals surface area contributed by atoms with Crippen LogP contribution in [0.3, 0.4) is 0 Å². The summed E-state index contributed by atoms with van der Waals surface area (Å²) in [6, 6.07) is 4.11. The fourth-order valence-electron chi connectivity index (χ4n) is 4.26. The van der Waals surface area contributed by atoms with Gasteiger partial charge in [0, 0.05) is 37.0 Å². The highest BCUT2D eigenvalue weighted by atomic mass is 32.1. The number of aromatic nitrogens is 4. The SMILES string of the molecule is O=C(C1CCN(c2nc3nonc3nc2NCc2cccs2)CC1)N1CCCCC1. The lowest BCUT2D eigenvalue weighted by Gasteiger charge is -2.36. The molecule has 3 aromatic heterocycles. The fourth-order valence-corrected chi connectivity index (χ4v) is 4.91. The zero-order valence-electron chi connectivity index (χ0n) is 16.8. The van der Waals surface area contributed by atoms with Crippen LogP contribution < -0.4 is 10.2 Å². The van der Waals surface area contributed by atoms with Crippen LogP contribution in [0.4, 0.5) is 11.6 Å². The summed E-state index contributed by atoms with van der Waals surface area (Å²) in [5.41, 5.74) is 0.792. The van der Waals surface area contributed by atoms with Gasteiger partial charge >= 0.3 is 0 Å². The molecule has 0 radical (unpaired) electrons. The van der Waals surface area contributed by atoms with Crippen molar-refractivity contribution in [1.29, 1.82) is 0 Å². The van der Waals surface area contributed by atoms with Gasteiger partial charge in [-0.2, -0.15) is 0 Å². The highest BCUT2D eigenvalue weighted by Gasteiger charge is 2.31. The summed E-state index contributed by atoms with van der Waals surface area (Å²) < 4.78 is 4.81. The normalized spacial score (nSPS) is 18.1. The van der Waals surface area contributed by atoms with Gasteiger partial charge in [0.2, 0.25) is 17.2 Å². The maximum Gasteiger partial charge on any atom is 0.245 e. The predicted octanol–water partition coefficient (Wildman–Crippen LogP) is 2.92. The third-order valence-corrected chi connectivity index (χ3v) is 6.79. The summed E-state index contributed by atoms with van der Waals surface area (Å²) in [6.45, 7) is 4.03. The lowest BCUT2D eigenvalue weighted by molar-refractivity contribution is -0.137. The van der Waals surface area contributed by atoms with E-state index in [0.29, 0.717) is 29.6 Å². The van der Waals surface area contributed by atoms with E-state index in [-0.39, 0.29) is 5.92 Å². The van der Waals surface area contributed by atoms with Gasteiger partial charge in [-0.3, -0.25) is 4.79 Å². The molecule has 0 spiro atoms. The quantitative estimate of drug-likeness (QED) is 0.663. The number of carbonyl (C=O) groups is 1. The molecule has 9 nitrogen and oxygen atoms in total. The van der Waals surface area contributed by atoms with E-state index >= 15 is 0 Å². The van der Waals surface area contributed by atoms with Crippen molar-refractivity contribution in [1.82, 2.24) is 25.2 Å². The summed E-state index contributed by atoms with van der Waals surface area (Å²) in [6.07, 6.45) is 5.16. The van der Waals surface area contributed by atoms with Crippen molar-refractivity contribution < 1.29 is 9.42 Å². The third kappa shape index (κ3) is 3.96. The van der Waals surface area contributed by atoms with Crippen LogP contribution in [0, 0.1) is 5.92 Å². The Morgan fingerprint density at radius 3 is 2.60 bits per heavy atom. The summed E-state index contributed by atoms with van der Waals surface area (Å²) in [5.74, 6) is 1.85. The van der Waals surface area contributed by atoms with Gasteiger partial charge in [-0.05, 0) is 53.9 Å². The van der Waals surface area contributed by atoms with E-state index in [9.17, 15) is 4.79 Å². The molecule has 0 unspecified atom stereocenters. The highest BCUT2D eigenvalue weighted by molar-refractivity contribution is 7.09. The number of piperidine rings is 2. The smallest absolute Gasteiger partial charge is 0.245 e. The molecule has 0 aromatic carbocycles. The second-order valence-electron chi connectivity index (χ2n) is 7.89. The first-order valence-corrected chi connectivity index (χ1v) is 11.5. The number of thiophene rings is 1. The number of carbonyl (C=O) groups excluding carboxylic acids is 1. The first kappa shape index (κ1) is 19.2. The minimum absolute atomic E-state index is 0.104. The molecule has 5 rings (SSSR count). The highest BCUT2D eigenvalue weighted by Crippen LogP contribution is 2.30. The van der Waals surface area contributed by atoms with Gasteiger partial charge in [-0.1, -0.05) is 6.07 Å². The Balaban J connectivity index is 1.30. The number of nitrogens with zero attached hydrogens (tertiary/aromatic N) is 6. The number of amides is 1. The molecule has 0 bridgehead atoms. The second kappa shape index (κ2) is 8.55. The van der Waals surface area contributed by atoms with E-state index in [2.05, 4.69) is 46.8 Å². The Hall–Kier alpha value is -2.75. The number of nitrogens with one attached hydrogen (secondary N) is 1. The van der Waals surface area contributed by atoms with Gasteiger partial charge in [0.1, 0.15) is 0 Å². The first-order valence-electron chi connectivity index (χ1n) is 10.6. The van der Waals surface area contributed by atoms with Gasteiger partial charge < -0.3 is 15.1 Å². The Morgan fingerprint density at radius 2 is 1.87 bits per heavy atom.